The zero-order valence-electron chi connectivity index (χ0n) is 8.28. The number of halogens is 2. The first-order valence-electron chi connectivity index (χ1n) is 4.43. The van der Waals surface area contributed by atoms with Crippen LogP contribution in [0.4, 0.5) is 0 Å². The molecule has 0 spiro atoms. The largest absolute Gasteiger partial charge is 0.229 e. The molecular formula is C10H12BrClO2S. The van der Waals surface area contributed by atoms with Crippen molar-refractivity contribution < 1.29 is 8.42 Å². The number of hydrogen-bond acceptors (Lipinski definition) is 2. The van der Waals surface area contributed by atoms with E-state index in [2.05, 4.69) is 15.9 Å². The number of rotatable bonds is 4. The molecule has 0 heterocycles. The topological polar surface area (TPSA) is 34.1 Å². The molecule has 0 aromatic heterocycles. The van der Waals surface area contributed by atoms with Crippen LogP contribution in [0.3, 0.4) is 0 Å². The van der Waals surface area contributed by atoms with Gasteiger partial charge in [-0.15, -0.1) is 0 Å². The Bertz CT molecular complexity index is 431. The fourth-order valence-electron chi connectivity index (χ4n) is 1.29. The molecule has 0 fully saturated rings. The Morgan fingerprint density at radius 3 is 2.53 bits per heavy atom. The maximum absolute atomic E-state index is 11.1. The van der Waals surface area contributed by atoms with Crippen LogP contribution in [0.1, 0.15) is 5.56 Å². The van der Waals surface area contributed by atoms with Gasteiger partial charge >= 0.3 is 0 Å². The summed E-state index contributed by atoms with van der Waals surface area (Å²) in [6.07, 6.45) is 1.85. The van der Waals surface area contributed by atoms with E-state index in [1.807, 2.05) is 18.2 Å². The second-order valence-corrected chi connectivity index (χ2v) is 7.37. The van der Waals surface area contributed by atoms with Crippen molar-refractivity contribution in [2.24, 2.45) is 0 Å². The van der Waals surface area contributed by atoms with E-state index >= 15 is 0 Å². The summed E-state index contributed by atoms with van der Waals surface area (Å²) in [6, 6.07) is 7.45. The lowest BCUT2D eigenvalue weighted by Crippen LogP contribution is -2.16. The maximum atomic E-state index is 11.1. The van der Waals surface area contributed by atoms with Gasteiger partial charge in [0.15, 0.2) is 0 Å². The highest BCUT2D eigenvalue weighted by atomic mass is 79.9. The highest BCUT2D eigenvalue weighted by Gasteiger charge is 2.13. The van der Waals surface area contributed by atoms with E-state index in [-0.39, 0.29) is 10.6 Å². The van der Waals surface area contributed by atoms with Gasteiger partial charge in [-0.1, -0.05) is 45.7 Å². The van der Waals surface area contributed by atoms with Crippen LogP contribution in [0, 0.1) is 0 Å². The van der Waals surface area contributed by atoms with Gasteiger partial charge in [-0.3, -0.25) is 0 Å². The van der Waals surface area contributed by atoms with Gasteiger partial charge < -0.3 is 0 Å². The Labute approximate surface area is 104 Å². The minimum atomic E-state index is -2.95. The van der Waals surface area contributed by atoms with Gasteiger partial charge in [0, 0.05) is 16.1 Å². The van der Waals surface area contributed by atoms with Crippen LogP contribution in [0.25, 0.3) is 0 Å². The van der Waals surface area contributed by atoms with Gasteiger partial charge in [-0.2, -0.15) is 0 Å². The Kier molecular flexibility index (Phi) is 4.62. The molecule has 15 heavy (non-hydrogen) atoms. The summed E-state index contributed by atoms with van der Waals surface area (Å²) in [5.41, 5.74) is 0.963. The van der Waals surface area contributed by atoms with Crippen molar-refractivity contribution in [3.63, 3.8) is 0 Å². The van der Waals surface area contributed by atoms with E-state index in [9.17, 15) is 8.42 Å². The van der Waals surface area contributed by atoms with Gasteiger partial charge in [-0.05, 0) is 18.1 Å². The van der Waals surface area contributed by atoms with E-state index in [0.717, 1.165) is 5.56 Å². The minimum Gasteiger partial charge on any atom is -0.229 e. The monoisotopic (exact) mass is 310 g/mol. The molecule has 84 valence electrons. The van der Waals surface area contributed by atoms with E-state index in [4.69, 9.17) is 11.6 Å². The first-order valence-corrected chi connectivity index (χ1v) is 7.79. The third-order valence-corrected chi connectivity index (χ3v) is 4.34. The molecule has 0 bridgehead atoms. The van der Waals surface area contributed by atoms with Crippen LogP contribution in [-0.4, -0.2) is 25.3 Å². The molecule has 5 heteroatoms. The van der Waals surface area contributed by atoms with Gasteiger partial charge in [0.05, 0.1) is 5.75 Å². The summed E-state index contributed by atoms with van der Waals surface area (Å²) in [5.74, 6) is 0.123. The van der Waals surface area contributed by atoms with Crippen LogP contribution in [0.5, 0.6) is 0 Å². The van der Waals surface area contributed by atoms with Gasteiger partial charge in [-0.25, -0.2) is 8.42 Å². The summed E-state index contributed by atoms with van der Waals surface area (Å²) in [7, 11) is -2.95. The predicted octanol–water partition coefficient (Wildman–Crippen LogP) is 2.69. The van der Waals surface area contributed by atoms with Crippen molar-refractivity contribution in [1.82, 2.24) is 0 Å². The van der Waals surface area contributed by atoms with Crippen molar-refractivity contribution in [2.75, 3.05) is 12.0 Å². The van der Waals surface area contributed by atoms with Crippen LogP contribution < -0.4 is 0 Å². The first-order chi connectivity index (χ1) is 6.88. The molecule has 1 rings (SSSR count). The quantitative estimate of drug-likeness (QED) is 0.801. The number of hydrogen-bond donors (Lipinski definition) is 0. The molecule has 1 atom stereocenters. The molecule has 0 aliphatic rings. The van der Waals surface area contributed by atoms with Crippen molar-refractivity contribution >= 4 is 37.4 Å². The van der Waals surface area contributed by atoms with Crippen LogP contribution in [0.2, 0.25) is 5.02 Å². The lowest BCUT2D eigenvalue weighted by atomic mass is 10.1. The molecule has 2 nitrogen and oxygen atoms in total. The number of sulfone groups is 1. The van der Waals surface area contributed by atoms with E-state index in [0.29, 0.717) is 11.4 Å². The number of benzene rings is 1. The normalized spacial score (nSPS) is 13.8. The van der Waals surface area contributed by atoms with Gasteiger partial charge in [0.25, 0.3) is 0 Å². The average molecular weight is 312 g/mol. The van der Waals surface area contributed by atoms with E-state index < -0.39 is 9.84 Å². The van der Waals surface area contributed by atoms with Crippen molar-refractivity contribution in [1.29, 1.82) is 0 Å². The maximum Gasteiger partial charge on any atom is 0.148 e. The molecule has 1 unspecified atom stereocenters. The molecule has 1 aromatic carbocycles. The molecule has 0 saturated heterocycles. The third-order valence-electron chi connectivity index (χ3n) is 1.88. The SMILES string of the molecule is CS(=O)(=O)CC(Br)Cc1ccccc1Cl. The second-order valence-electron chi connectivity index (χ2n) is 3.49. The molecule has 0 aliphatic carbocycles. The zero-order chi connectivity index (χ0) is 11.5. The molecular weight excluding hydrogens is 300 g/mol. The van der Waals surface area contributed by atoms with Gasteiger partial charge in [0.1, 0.15) is 9.84 Å². The van der Waals surface area contributed by atoms with Crippen molar-refractivity contribution in [3.8, 4) is 0 Å². The predicted molar refractivity (Wildman–Crippen MR) is 67.6 cm³/mol. The highest BCUT2D eigenvalue weighted by molar-refractivity contribution is 9.09. The first kappa shape index (κ1) is 13.0. The molecule has 0 saturated carbocycles. The molecule has 0 N–H and O–H groups in total. The lowest BCUT2D eigenvalue weighted by molar-refractivity contribution is 0.600. The number of alkyl halides is 1. The highest BCUT2D eigenvalue weighted by Crippen LogP contribution is 2.19. The smallest absolute Gasteiger partial charge is 0.148 e. The Morgan fingerprint density at radius 1 is 1.40 bits per heavy atom. The Hall–Kier alpha value is -0.0600. The van der Waals surface area contributed by atoms with Crippen molar-refractivity contribution in [3.05, 3.63) is 34.9 Å². The summed E-state index contributed by atoms with van der Waals surface area (Å²) in [4.78, 5) is -0.0904. The second kappa shape index (κ2) is 5.32. The summed E-state index contributed by atoms with van der Waals surface area (Å²) < 4.78 is 22.1. The third kappa shape index (κ3) is 5.00. The van der Waals surface area contributed by atoms with Crippen LogP contribution in [-0.2, 0) is 16.3 Å². The molecule has 0 radical (unpaired) electrons. The molecule has 0 aliphatic heterocycles. The zero-order valence-corrected chi connectivity index (χ0v) is 11.4. The minimum absolute atomic E-state index is 0.0904. The Morgan fingerprint density at radius 2 is 2.00 bits per heavy atom. The fraction of sp³-hybridized carbons (Fsp3) is 0.400. The summed E-state index contributed by atoms with van der Waals surface area (Å²) >= 11 is 9.32. The van der Waals surface area contributed by atoms with Crippen molar-refractivity contribution in [2.45, 2.75) is 11.2 Å². The van der Waals surface area contributed by atoms with E-state index in [1.165, 1.54) is 6.26 Å². The summed E-state index contributed by atoms with van der Waals surface area (Å²) in [5, 5.41) is 0.676. The Balaban J connectivity index is 2.67. The standard InChI is InChI=1S/C10H12BrClO2S/c1-15(13,14)7-9(11)6-8-4-2-3-5-10(8)12/h2-5,9H,6-7H2,1H3. The van der Waals surface area contributed by atoms with Gasteiger partial charge in [0.2, 0.25) is 0 Å². The van der Waals surface area contributed by atoms with E-state index in [1.54, 1.807) is 6.07 Å². The van der Waals surface area contributed by atoms with Crippen LogP contribution in [0.15, 0.2) is 24.3 Å². The fourth-order valence-corrected chi connectivity index (χ4v) is 4.07. The van der Waals surface area contributed by atoms with Crippen LogP contribution >= 0.6 is 27.5 Å². The summed E-state index contributed by atoms with van der Waals surface area (Å²) in [6.45, 7) is 0. The average Bonchev–Trinajstić information content (AvgIpc) is 2.05. The molecule has 1 aromatic rings. The lowest BCUT2D eigenvalue weighted by Gasteiger charge is -2.09. The molecule has 0 amide bonds.